The predicted octanol–water partition coefficient (Wildman–Crippen LogP) is 2.60. The van der Waals surface area contributed by atoms with E-state index in [4.69, 9.17) is 21.4 Å². The molecule has 0 radical (unpaired) electrons. The number of aliphatic carboxylic acids is 1. The molecule has 1 aromatic heterocycles. The van der Waals surface area contributed by atoms with Crippen molar-refractivity contribution in [2.45, 2.75) is 18.1 Å². The number of carboxylic acid groups (broad SMARTS) is 1. The third kappa shape index (κ3) is 3.14. The summed E-state index contributed by atoms with van der Waals surface area (Å²) in [4.78, 5) is 26.9. The molecular formula is C13H13ClN2O4S. The molecule has 0 amide bonds. The summed E-state index contributed by atoms with van der Waals surface area (Å²) in [6, 6.07) is 4.54. The number of methoxy groups -OCH3 is 1. The van der Waals surface area contributed by atoms with Crippen molar-refractivity contribution in [3.8, 4) is 0 Å². The Morgan fingerprint density at radius 2 is 2.24 bits per heavy atom. The third-order valence-corrected chi connectivity index (χ3v) is 4.13. The number of carbonyl (C=O) groups is 2. The second kappa shape index (κ2) is 6.36. The fraction of sp³-hybridized carbons (Fsp3) is 0.308. The summed E-state index contributed by atoms with van der Waals surface area (Å²) < 4.78 is 6.36. The molecule has 0 saturated heterocycles. The lowest BCUT2D eigenvalue weighted by Crippen LogP contribution is -2.19. The molecule has 0 fully saturated rings. The largest absolute Gasteiger partial charge is 0.481 e. The van der Waals surface area contributed by atoms with E-state index in [0.717, 1.165) is 11.8 Å². The zero-order chi connectivity index (χ0) is 15.6. The van der Waals surface area contributed by atoms with Gasteiger partial charge in [-0.2, -0.15) is 0 Å². The lowest BCUT2D eigenvalue weighted by atomic mass is 10.3. The molecule has 1 N–H and O–H groups in total. The molecule has 0 spiro atoms. The molecule has 8 heteroatoms. The van der Waals surface area contributed by atoms with Crippen molar-refractivity contribution in [3.63, 3.8) is 0 Å². The van der Waals surface area contributed by atoms with Gasteiger partial charge in [-0.25, -0.2) is 9.78 Å². The number of carboxylic acids is 1. The predicted molar refractivity (Wildman–Crippen MR) is 79.8 cm³/mol. The molecule has 1 unspecified atom stereocenters. The summed E-state index contributed by atoms with van der Waals surface area (Å²) >= 11 is 7.22. The van der Waals surface area contributed by atoms with Crippen LogP contribution in [-0.4, -0.2) is 39.5 Å². The van der Waals surface area contributed by atoms with Gasteiger partial charge in [-0.1, -0.05) is 29.4 Å². The molecule has 112 valence electrons. The maximum Gasteiger partial charge on any atom is 0.328 e. The third-order valence-electron chi connectivity index (χ3n) is 2.88. The van der Waals surface area contributed by atoms with E-state index in [-0.39, 0.29) is 5.75 Å². The smallest absolute Gasteiger partial charge is 0.328 e. The number of ether oxygens (including phenoxy) is 1. The van der Waals surface area contributed by atoms with Gasteiger partial charge in [-0.3, -0.25) is 4.79 Å². The lowest BCUT2D eigenvalue weighted by molar-refractivity contribution is -0.144. The number of aromatic nitrogens is 2. The Kier molecular flexibility index (Phi) is 4.74. The van der Waals surface area contributed by atoms with E-state index in [1.54, 1.807) is 29.7 Å². The van der Waals surface area contributed by atoms with Crippen LogP contribution in [0.5, 0.6) is 0 Å². The molecule has 6 nitrogen and oxygen atoms in total. The van der Waals surface area contributed by atoms with E-state index in [0.29, 0.717) is 21.2 Å². The maximum atomic E-state index is 11.8. The van der Waals surface area contributed by atoms with Gasteiger partial charge in [0.1, 0.15) is 6.04 Å². The number of imidazole rings is 1. The number of carbonyl (C=O) groups excluding carboxylic acids is 1. The van der Waals surface area contributed by atoms with Crippen molar-refractivity contribution in [2.24, 2.45) is 0 Å². The Bertz CT molecular complexity index is 701. The van der Waals surface area contributed by atoms with Gasteiger partial charge in [0.2, 0.25) is 0 Å². The first kappa shape index (κ1) is 15.7. The molecular weight excluding hydrogens is 316 g/mol. The quantitative estimate of drug-likeness (QED) is 0.671. The number of benzene rings is 1. The summed E-state index contributed by atoms with van der Waals surface area (Å²) in [6.07, 6.45) is 0. The minimum atomic E-state index is -0.963. The highest BCUT2D eigenvalue weighted by atomic mass is 35.5. The van der Waals surface area contributed by atoms with Crippen LogP contribution < -0.4 is 0 Å². The first-order valence-electron chi connectivity index (χ1n) is 6.04. The molecule has 0 saturated carbocycles. The Balaban J connectivity index is 2.58. The SMILES string of the molecule is COC(=O)C(C)n1c(SCC(=O)O)nc2cccc(Cl)c21. The number of hydrogen-bond donors (Lipinski definition) is 1. The number of thioether (sulfide) groups is 1. The van der Waals surface area contributed by atoms with Gasteiger partial charge in [0, 0.05) is 0 Å². The van der Waals surface area contributed by atoms with Crippen LogP contribution in [0, 0.1) is 0 Å². The van der Waals surface area contributed by atoms with E-state index in [2.05, 4.69) is 4.98 Å². The van der Waals surface area contributed by atoms with Crippen LogP contribution in [0.1, 0.15) is 13.0 Å². The average molecular weight is 329 g/mol. The van der Waals surface area contributed by atoms with E-state index >= 15 is 0 Å². The number of rotatable bonds is 5. The van der Waals surface area contributed by atoms with Crippen LogP contribution in [0.25, 0.3) is 11.0 Å². The summed E-state index contributed by atoms with van der Waals surface area (Å²) in [5.41, 5.74) is 1.19. The molecule has 0 aliphatic heterocycles. The monoisotopic (exact) mass is 328 g/mol. The van der Waals surface area contributed by atoms with Crippen molar-refractivity contribution in [1.29, 1.82) is 0 Å². The second-order valence-corrected chi connectivity index (χ2v) is 5.60. The van der Waals surface area contributed by atoms with Crippen molar-refractivity contribution < 1.29 is 19.4 Å². The average Bonchev–Trinajstić information content (AvgIpc) is 2.83. The van der Waals surface area contributed by atoms with E-state index in [1.165, 1.54) is 7.11 Å². The Hall–Kier alpha value is -1.73. The molecule has 0 aliphatic carbocycles. The Labute approximate surface area is 130 Å². The molecule has 2 aromatic rings. The molecule has 1 heterocycles. The van der Waals surface area contributed by atoms with Crippen LogP contribution in [0.3, 0.4) is 0 Å². The van der Waals surface area contributed by atoms with E-state index in [9.17, 15) is 9.59 Å². The van der Waals surface area contributed by atoms with Gasteiger partial charge >= 0.3 is 11.9 Å². The highest BCUT2D eigenvalue weighted by molar-refractivity contribution is 7.99. The number of fused-ring (bicyclic) bond motifs is 1. The number of para-hydroxylation sites is 1. The molecule has 21 heavy (non-hydrogen) atoms. The van der Waals surface area contributed by atoms with Gasteiger partial charge < -0.3 is 14.4 Å². The fourth-order valence-corrected chi connectivity index (χ4v) is 3.01. The Morgan fingerprint density at radius 3 is 2.86 bits per heavy atom. The minimum Gasteiger partial charge on any atom is -0.481 e. The number of esters is 1. The highest BCUT2D eigenvalue weighted by Crippen LogP contribution is 2.32. The summed E-state index contributed by atoms with van der Waals surface area (Å²) in [5, 5.41) is 9.67. The summed E-state index contributed by atoms with van der Waals surface area (Å²) in [7, 11) is 1.30. The standard InChI is InChI=1S/C13H13ClN2O4S/c1-7(12(19)20-2)16-11-8(14)4-3-5-9(11)15-13(16)21-6-10(17)18/h3-5,7H,6H2,1-2H3,(H,17,18). The van der Waals surface area contributed by atoms with Crippen LogP contribution in [0.4, 0.5) is 0 Å². The van der Waals surface area contributed by atoms with Crippen LogP contribution in [-0.2, 0) is 14.3 Å². The normalized spacial score (nSPS) is 12.3. The van der Waals surface area contributed by atoms with Crippen molar-refractivity contribution in [1.82, 2.24) is 9.55 Å². The van der Waals surface area contributed by atoms with Crippen LogP contribution >= 0.6 is 23.4 Å². The number of hydrogen-bond acceptors (Lipinski definition) is 5. The molecule has 1 atom stereocenters. The van der Waals surface area contributed by atoms with Crippen molar-refractivity contribution in [2.75, 3.05) is 12.9 Å². The second-order valence-electron chi connectivity index (χ2n) is 4.25. The first-order valence-corrected chi connectivity index (χ1v) is 7.41. The lowest BCUT2D eigenvalue weighted by Gasteiger charge is -2.15. The van der Waals surface area contributed by atoms with Crippen molar-refractivity contribution >= 4 is 46.3 Å². The maximum absolute atomic E-state index is 11.8. The van der Waals surface area contributed by atoms with Gasteiger partial charge in [-0.05, 0) is 19.1 Å². The zero-order valence-corrected chi connectivity index (χ0v) is 12.9. The molecule has 1 aromatic carbocycles. The van der Waals surface area contributed by atoms with Gasteiger partial charge in [0.05, 0.1) is 28.9 Å². The minimum absolute atomic E-state index is 0.158. The van der Waals surface area contributed by atoms with Crippen molar-refractivity contribution in [3.05, 3.63) is 23.2 Å². The molecule has 0 aliphatic rings. The highest BCUT2D eigenvalue weighted by Gasteiger charge is 2.24. The summed E-state index contributed by atoms with van der Waals surface area (Å²) in [6.45, 7) is 1.65. The topological polar surface area (TPSA) is 81.4 Å². The van der Waals surface area contributed by atoms with E-state index < -0.39 is 18.0 Å². The van der Waals surface area contributed by atoms with Crippen LogP contribution in [0.15, 0.2) is 23.4 Å². The summed E-state index contributed by atoms with van der Waals surface area (Å²) in [5.74, 6) is -1.57. The fourth-order valence-electron chi connectivity index (χ4n) is 1.95. The number of nitrogens with zero attached hydrogens (tertiary/aromatic N) is 2. The Morgan fingerprint density at radius 1 is 1.52 bits per heavy atom. The zero-order valence-electron chi connectivity index (χ0n) is 11.4. The number of halogens is 1. The van der Waals surface area contributed by atoms with Gasteiger partial charge in [-0.15, -0.1) is 0 Å². The molecule has 0 bridgehead atoms. The van der Waals surface area contributed by atoms with E-state index in [1.807, 2.05) is 0 Å². The van der Waals surface area contributed by atoms with Gasteiger partial charge in [0.15, 0.2) is 5.16 Å². The van der Waals surface area contributed by atoms with Crippen LogP contribution in [0.2, 0.25) is 5.02 Å². The van der Waals surface area contributed by atoms with Gasteiger partial charge in [0.25, 0.3) is 0 Å². The molecule has 2 rings (SSSR count). The first-order chi connectivity index (χ1) is 9.95.